The monoisotopic (exact) mass is 336 g/mol. The van der Waals surface area contributed by atoms with E-state index in [0.29, 0.717) is 0 Å². The maximum Gasteiger partial charge on any atom is 2.00 e. The van der Waals surface area contributed by atoms with Crippen molar-refractivity contribution in [1.82, 2.24) is 0 Å². The number of hydrogen-bond donors (Lipinski definition) is 0. The SMILES string of the molecule is O=[PH]([O-])O[PH](=O)[O-].[Mg+2].c1ccc(Cc2ccccc2)cc1. The summed E-state index contributed by atoms with van der Waals surface area (Å²) in [6.07, 6.45) is 1.03. The summed E-state index contributed by atoms with van der Waals surface area (Å²) in [6.45, 7) is 0. The van der Waals surface area contributed by atoms with Gasteiger partial charge in [0.15, 0.2) is 0 Å². The van der Waals surface area contributed by atoms with Crippen LogP contribution in [0.25, 0.3) is 0 Å². The van der Waals surface area contributed by atoms with Gasteiger partial charge in [-0.2, -0.15) is 0 Å². The molecule has 0 heterocycles. The minimum Gasteiger partial charge on any atom is -0.781 e. The van der Waals surface area contributed by atoms with Gasteiger partial charge in [0.2, 0.25) is 0 Å². The van der Waals surface area contributed by atoms with Crippen LogP contribution in [0.5, 0.6) is 0 Å². The second-order valence-corrected chi connectivity index (χ2v) is 5.57. The zero-order valence-electron chi connectivity index (χ0n) is 11.2. The Morgan fingerprint density at radius 2 is 1.10 bits per heavy atom. The zero-order valence-corrected chi connectivity index (χ0v) is 14.6. The summed E-state index contributed by atoms with van der Waals surface area (Å²) in [5.74, 6) is 0. The van der Waals surface area contributed by atoms with Crippen molar-refractivity contribution in [2.45, 2.75) is 6.42 Å². The molecule has 0 saturated heterocycles. The first kappa shape index (κ1) is 20.5. The van der Waals surface area contributed by atoms with Crippen LogP contribution in [0.3, 0.4) is 0 Å². The first-order valence-electron chi connectivity index (χ1n) is 5.75. The Bertz CT molecular complexity index is 502. The van der Waals surface area contributed by atoms with Crippen LogP contribution in [0, 0.1) is 0 Å². The van der Waals surface area contributed by atoms with Crippen LogP contribution < -0.4 is 9.79 Å². The van der Waals surface area contributed by atoms with Crippen LogP contribution in [-0.4, -0.2) is 23.1 Å². The molecule has 0 aliphatic heterocycles. The van der Waals surface area contributed by atoms with Crippen LogP contribution in [0.15, 0.2) is 60.7 Å². The van der Waals surface area contributed by atoms with Gasteiger partial charge in [-0.1, -0.05) is 60.7 Å². The van der Waals surface area contributed by atoms with Gasteiger partial charge in [-0.25, -0.2) is 0 Å². The Morgan fingerprint density at radius 1 is 0.762 bits per heavy atom. The van der Waals surface area contributed by atoms with Gasteiger partial charge >= 0.3 is 23.1 Å². The predicted octanol–water partition coefficient (Wildman–Crippen LogP) is 1.40. The molecule has 0 amide bonds. The van der Waals surface area contributed by atoms with Gasteiger partial charge < -0.3 is 18.9 Å². The summed E-state index contributed by atoms with van der Waals surface area (Å²) in [6, 6.07) is 21.1. The molecule has 2 rings (SSSR count). The molecule has 0 radical (unpaired) electrons. The maximum absolute atomic E-state index is 9.29. The molecule has 0 aliphatic carbocycles. The fourth-order valence-electron chi connectivity index (χ4n) is 1.50. The molecule has 2 aromatic rings. The molecule has 5 nitrogen and oxygen atoms in total. The standard InChI is InChI=1S/C13H12.Mg.H4O5P2/c1-3-7-12(8-4-1)11-13-9-5-2-6-10-13;;1-6(2)5-7(3)4/h1-10H,11H2;;6-7H,(H,1,2)(H,3,4)/q;+2;/p-2. The van der Waals surface area contributed by atoms with Crippen LogP contribution in [0.2, 0.25) is 0 Å². The Balaban J connectivity index is 0.000000436. The van der Waals surface area contributed by atoms with E-state index in [1.165, 1.54) is 11.1 Å². The first-order valence-corrected chi connectivity index (χ1v) is 8.20. The van der Waals surface area contributed by atoms with Gasteiger partial charge in [-0.3, -0.25) is 4.31 Å². The van der Waals surface area contributed by atoms with Crippen molar-refractivity contribution in [2.75, 3.05) is 0 Å². The van der Waals surface area contributed by atoms with Crippen molar-refractivity contribution < 1.29 is 23.2 Å². The van der Waals surface area contributed by atoms with E-state index in [1.54, 1.807) is 0 Å². The quantitative estimate of drug-likeness (QED) is 0.622. The molecular formula is C13H14MgO5P2. The molecule has 2 atom stereocenters. The fraction of sp³-hybridized carbons (Fsp3) is 0.0769. The maximum atomic E-state index is 9.29. The van der Waals surface area contributed by atoms with E-state index in [0.717, 1.165) is 6.42 Å². The third-order valence-corrected chi connectivity index (χ3v) is 3.59. The summed E-state index contributed by atoms with van der Waals surface area (Å²) in [5, 5.41) is 0. The Kier molecular flexibility index (Phi) is 11.9. The number of benzene rings is 2. The van der Waals surface area contributed by atoms with E-state index in [2.05, 4.69) is 65.0 Å². The summed E-state index contributed by atoms with van der Waals surface area (Å²) in [4.78, 5) is 18.6. The van der Waals surface area contributed by atoms with E-state index in [9.17, 15) is 18.9 Å². The van der Waals surface area contributed by atoms with E-state index in [-0.39, 0.29) is 23.1 Å². The Morgan fingerprint density at radius 3 is 1.33 bits per heavy atom. The molecule has 0 saturated carbocycles. The normalized spacial score (nSPS) is 12.3. The largest absolute Gasteiger partial charge is 2.00 e. The summed E-state index contributed by atoms with van der Waals surface area (Å²) in [5.41, 5.74) is 2.74. The average Bonchev–Trinajstić information content (AvgIpc) is 2.40. The van der Waals surface area contributed by atoms with E-state index < -0.39 is 16.5 Å². The Labute approximate surface area is 141 Å². The third kappa shape index (κ3) is 10.9. The molecule has 0 N–H and O–H groups in total. The molecule has 0 spiro atoms. The molecule has 0 fully saturated rings. The van der Waals surface area contributed by atoms with Gasteiger partial charge in [0.05, 0.1) is 0 Å². The molecule has 0 bridgehead atoms. The second-order valence-electron chi connectivity index (χ2n) is 3.75. The molecule has 0 aromatic heterocycles. The topological polar surface area (TPSA) is 89.5 Å². The summed E-state index contributed by atoms with van der Waals surface area (Å²) >= 11 is 0. The molecule has 2 unspecified atom stereocenters. The number of rotatable bonds is 4. The third-order valence-electron chi connectivity index (χ3n) is 2.26. The van der Waals surface area contributed by atoms with Crippen molar-refractivity contribution in [2.24, 2.45) is 0 Å². The van der Waals surface area contributed by atoms with Crippen molar-refractivity contribution >= 4 is 39.6 Å². The van der Waals surface area contributed by atoms with Crippen LogP contribution in [-0.2, 0) is 19.9 Å². The first-order chi connectivity index (χ1) is 9.58. The molecule has 108 valence electrons. The molecule has 0 aliphatic rings. The van der Waals surface area contributed by atoms with E-state index >= 15 is 0 Å². The van der Waals surface area contributed by atoms with Crippen LogP contribution in [0.1, 0.15) is 11.1 Å². The van der Waals surface area contributed by atoms with Crippen LogP contribution >= 0.6 is 16.5 Å². The van der Waals surface area contributed by atoms with E-state index in [1.807, 2.05) is 0 Å². The predicted molar refractivity (Wildman–Crippen MR) is 80.5 cm³/mol. The average molecular weight is 337 g/mol. The smallest absolute Gasteiger partial charge is 0.781 e. The van der Waals surface area contributed by atoms with Crippen LogP contribution in [0.4, 0.5) is 0 Å². The minimum atomic E-state index is -3.51. The molecule has 8 heteroatoms. The number of hydrogen-bond acceptors (Lipinski definition) is 5. The van der Waals surface area contributed by atoms with Gasteiger partial charge in [-0.15, -0.1) is 0 Å². The molecule has 21 heavy (non-hydrogen) atoms. The minimum absolute atomic E-state index is 0. The van der Waals surface area contributed by atoms with Gasteiger partial charge in [0, 0.05) is 0 Å². The van der Waals surface area contributed by atoms with Crippen molar-refractivity contribution in [1.29, 1.82) is 0 Å². The molecular weight excluding hydrogens is 322 g/mol. The van der Waals surface area contributed by atoms with Gasteiger partial charge in [0.1, 0.15) is 16.5 Å². The summed E-state index contributed by atoms with van der Waals surface area (Å²) < 4.78 is 21.8. The van der Waals surface area contributed by atoms with E-state index in [4.69, 9.17) is 0 Å². The van der Waals surface area contributed by atoms with Crippen molar-refractivity contribution in [3.8, 4) is 0 Å². The Hall–Kier alpha value is -0.454. The van der Waals surface area contributed by atoms with Crippen molar-refractivity contribution in [3.63, 3.8) is 0 Å². The second kappa shape index (κ2) is 12.1. The fourth-order valence-corrected chi connectivity index (χ4v) is 2.04. The molecule has 2 aromatic carbocycles. The van der Waals surface area contributed by atoms with Gasteiger partial charge in [-0.05, 0) is 17.5 Å². The van der Waals surface area contributed by atoms with Crippen molar-refractivity contribution in [3.05, 3.63) is 71.8 Å². The zero-order chi connectivity index (χ0) is 14.8. The summed E-state index contributed by atoms with van der Waals surface area (Å²) in [7, 11) is -7.03. The van der Waals surface area contributed by atoms with Gasteiger partial charge in [0.25, 0.3) is 0 Å².